The van der Waals surface area contributed by atoms with Crippen molar-refractivity contribution in [3.63, 3.8) is 0 Å². The number of hydrogen-bond donors (Lipinski definition) is 2. The van der Waals surface area contributed by atoms with Crippen molar-refractivity contribution in [3.05, 3.63) is 110 Å². The van der Waals surface area contributed by atoms with E-state index in [4.69, 9.17) is 4.74 Å². The lowest BCUT2D eigenvalue weighted by atomic mass is 9.82. The van der Waals surface area contributed by atoms with Crippen LogP contribution in [0, 0.1) is 0 Å². The fourth-order valence-corrected chi connectivity index (χ4v) is 12.0. The largest absolute Gasteiger partial charge is 0.744 e. The molecule has 1 aromatic heterocycles. The SMILES string of the molecule is O=C(CCCCCNS(=O)(=O)c1ccc(C2=c3cc4c5c(c3Oc3c2cc2c6c3CCCN6CCC2)CCC[N+]=5CCC4)c(S(=O)(=O)[O-])c1)NCc1ccc(-c2nncnn2)cc1. The molecule has 6 heterocycles. The van der Waals surface area contributed by atoms with Gasteiger partial charge in [-0.15, -0.1) is 20.4 Å². The number of hydrogen-bond acceptors (Lipinski definition) is 12. The Kier molecular flexibility index (Phi) is 11.1. The molecule has 5 aliphatic heterocycles. The monoisotopic (exact) mass is 888 g/mol. The van der Waals surface area contributed by atoms with Crippen molar-refractivity contribution < 1.29 is 30.9 Å². The molecule has 0 unspecified atom stereocenters. The van der Waals surface area contributed by atoms with Gasteiger partial charge >= 0.3 is 0 Å². The summed E-state index contributed by atoms with van der Waals surface area (Å²) in [4.78, 5) is 14.1. The molecule has 0 saturated carbocycles. The third-order valence-corrected chi connectivity index (χ3v) is 15.3. The van der Waals surface area contributed by atoms with Crippen molar-refractivity contribution in [1.29, 1.82) is 0 Å². The van der Waals surface area contributed by atoms with Gasteiger partial charge in [0, 0.05) is 89.7 Å². The number of carbonyl (C=O) groups excluding carboxylic acids is 1. The summed E-state index contributed by atoms with van der Waals surface area (Å²) in [7, 11) is -9.39. The summed E-state index contributed by atoms with van der Waals surface area (Å²) >= 11 is 0. The van der Waals surface area contributed by atoms with E-state index in [1.165, 1.54) is 40.6 Å². The minimum absolute atomic E-state index is 0.0684. The lowest BCUT2D eigenvalue weighted by molar-refractivity contribution is -0.121. The molecule has 63 heavy (non-hydrogen) atoms. The fourth-order valence-electron chi connectivity index (χ4n) is 10.1. The van der Waals surface area contributed by atoms with Gasteiger partial charge in [-0.2, -0.15) is 0 Å². The smallest absolute Gasteiger partial charge is 0.240 e. The highest BCUT2D eigenvalue weighted by Gasteiger charge is 2.36. The number of amides is 1. The molecule has 17 heteroatoms. The van der Waals surface area contributed by atoms with Gasteiger partial charge in [0.1, 0.15) is 34.7 Å². The third-order valence-electron chi connectivity index (χ3n) is 13.0. The maximum absolute atomic E-state index is 13.7. The number of unbranched alkanes of at least 4 members (excludes halogenated alkanes) is 2. The van der Waals surface area contributed by atoms with E-state index in [0.29, 0.717) is 48.7 Å². The van der Waals surface area contributed by atoms with Crippen LogP contribution in [0.3, 0.4) is 0 Å². The molecule has 0 fully saturated rings. The summed E-state index contributed by atoms with van der Waals surface area (Å²) in [6.45, 7) is 4.31. The highest BCUT2D eigenvalue weighted by atomic mass is 32.2. The summed E-state index contributed by atoms with van der Waals surface area (Å²) in [5.41, 5.74) is 8.97. The lowest BCUT2D eigenvalue weighted by Crippen LogP contribution is -2.45. The van der Waals surface area contributed by atoms with E-state index in [1.54, 1.807) is 0 Å². The number of nitrogens with zero attached hydrogens (tertiary/aromatic N) is 6. The molecule has 10 rings (SSSR count). The van der Waals surface area contributed by atoms with Gasteiger partial charge in [-0.25, -0.2) is 26.1 Å². The van der Waals surface area contributed by atoms with Crippen LogP contribution in [-0.2, 0) is 57.2 Å². The zero-order valence-electron chi connectivity index (χ0n) is 34.9. The summed E-state index contributed by atoms with van der Waals surface area (Å²) < 4.78 is 79.5. The van der Waals surface area contributed by atoms with Gasteiger partial charge in [-0.3, -0.25) is 4.79 Å². The topological polar surface area (TPSA) is 200 Å². The van der Waals surface area contributed by atoms with E-state index in [2.05, 4.69) is 52.0 Å². The predicted octanol–water partition coefficient (Wildman–Crippen LogP) is 3.43. The highest BCUT2D eigenvalue weighted by Crippen LogP contribution is 2.49. The number of aryl methyl sites for hydroxylation is 2. The Bertz CT molecular complexity index is 3010. The number of sulfonamides is 1. The quantitative estimate of drug-likeness (QED) is 0.0975. The second-order valence-electron chi connectivity index (χ2n) is 17.0. The van der Waals surface area contributed by atoms with Gasteiger partial charge in [0.05, 0.1) is 15.4 Å². The average molecular weight is 889 g/mol. The standard InChI is InChI=1S/C46H48N8O7S2/c55-40(47-27-29-13-15-30(16-14-29)46-51-48-28-49-52-46)12-2-1-3-19-50-62(56,57)33-17-18-34(39(26-33)63(58,59)60)41-37-24-31-8-4-20-53-22-6-10-35(42(31)53)44(37)61-45-36-11-7-23-54-21-5-9-32(43(36)54)25-38(41)45/h13-18,24-26,28,50H,1-12,19-23,27H2,(H-,47,55,58,59,60). The number of anilines is 1. The van der Waals surface area contributed by atoms with Crippen molar-refractivity contribution in [3.8, 4) is 22.9 Å². The van der Waals surface area contributed by atoms with E-state index < -0.39 is 25.0 Å². The predicted molar refractivity (Wildman–Crippen MR) is 233 cm³/mol. The number of benzene rings is 4. The van der Waals surface area contributed by atoms with Crippen LogP contribution >= 0.6 is 0 Å². The van der Waals surface area contributed by atoms with Crippen LogP contribution in [0.15, 0.2) is 70.7 Å². The Morgan fingerprint density at radius 2 is 1.54 bits per heavy atom. The van der Waals surface area contributed by atoms with Gasteiger partial charge in [0.2, 0.25) is 27.1 Å². The molecule has 15 nitrogen and oxygen atoms in total. The van der Waals surface area contributed by atoms with E-state index >= 15 is 0 Å². The Morgan fingerprint density at radius 1 is 0.794 bits per heavy atom. The van der Waals surface area contributed by atoms with Gasteiger partial charge < -0.3 is 19.5 Å². The molecule has 0 spiro atoms. The fraction of sp³-hybridized carbons (Fsp3) is 0.391. The second-order valence-corrected chi connectivity index (χ2v) is 20.1. The van der Waals surface area contributed by atoms with Crippen molar-refractivity contribution >= 4 is 37.3 Å². The molecular formula is C46H48N8O7S2. The molecule has 0 bridgehead atoms. The Labute approximate surface area is 366 Å². The van der Waals surface area contributed by atoms with Gasteiger partial charge in [0.15, 0.2) is 6.33 Å². The minimum Gasteiger partial charge on any atom is -0.744 e. The van der Waals surface area contributed by atoms with Crippen LogP contribution in [0.2, 0.25) is 0 Å². The molecule has 2 N–H and O–H groups in total. The van der Waals surface area contributed by atoms with Crippen LogP contribution < -0.4 is 34.8 Å². The Morgan fingerprint density at radius 3 is 2.33 bits per heavy atom. The van der Waals surface area contributed by atoms with Crippen molar-refractivity contribution in [1.82, 2.24) is 35.0 Å². The van der Waals surface area contributed by atoms with Crippen LogP contribution in [0.25, 0.3) is 17.0 Å². The van der Waals surface area contributed by atoms with Crippen LogP contribution in [0.1, 0.15) is 90.3 Å². The van der Waals surface area contributed by atoms with Crippen molar-refractivity contribution in [2.75, 3.05) is 37.6 Å². The first-order chi connectivity index (χ1) is 30.5. The number of rotatable bonds is 13. The zero-order chi connectivity index (χ0) is 43.3. The molecule has 326 valence electrons. The van der Waals surface area contributed by atoms with Gasteiger partial charge in [-0.1, -0.05) is 36.8 Å². The number of nitrogens with one attached hydrogen (secondary N) is 2. The minimum atomic E-state index is -5.18. The maximum atomic E-state index is 13.7. The first-order valence-corrected chi connectivity index (χ1v) is 24.8. The molecule has 4 aromatic carbocycles. The third kappa shape index (κ3) is 8.00. The number of fused-ring (bicyclic) bond motifs is 4. The van der Waals surface area contributed by atoms with E-state index in [-0.39, 0.29) is 29.3 Å². The normalized spacial score (nSPS) is 16.4. The molecule has 0 radical (unpaired) electrons. The first kappa shape index (κ1) is 41.4. The maximum Gasteiger partial charge on any atom is 0.240 e. The zero-order valence-corrected chi connectivity index (χ0v) is 36.5. The molecule has 0 aliphatic carbocycles. The first-order valence-electron chi connectivity index (χ1n) is 21.9. The van der Waals surface area contributed by atoms with E-state index in [1.807, 2.05) is 24.3 Å². The molecule has 5 aliphatic rings. The van der Waals surface area contributed by atoms with E-state index in [9.17, 15) is 26.2 Å². The Balaban J connectivity index is 0.890. The van der Waals surface area contributed by atoms with Gasteiger partial charge in [0.25, 0.3) is 0 Å². The van der Waals surface area contributed by atoms with Crippen molar-refractivity contribution in [2.24, 2.45) is 0 Å². The lowest BCUT2D eigenvalue weighted by Gasteiger charge is -2.39. The van der Waals surface area contributed by atoms with E-state index in [0.717, 1.165) is 117 Å². The molecule has 0 atom stereocenters. The number of carbonyl (C=O) groups is 1. The molecule has 5 aromatic rings. The number of ether oxygens (including phenoxy) is 1. The number of aromatic nitrogens is 4. The average Bonchev–Trinajstić information content (AvgIpc) is 3.29. The molecular weight excluding hydrogens is 841 g/mol. The molecule has 1 amide bonds. The van der Waals surface area contributed by atoms with Crippen LogP contribution in [0.4, 0.5) is 5.69 Å². The summed E-state index contributed by atoms with van der Waals surface area (Å²) in [6, 6.07) is 15.5. The van der Waals surface area contributed by atoms with Gasteiger partial charge in [-0.05, 0) is 86.8 Å². The highest BCUT2D eigenvalue weighted by molar-refractivity contribution is 7.89. The second kappa shape index (κ2) is 16.8. The van der Waals surface area contributed by atoms with Crippen LogP contribution in [0.5, 0.6) is 11.5 Å². The summed E-state index contributed by atoms with van der Waals surface area (Å²) in [6.07, 6.45) is 10.4. The van der Waals surface area contributed by atoms with Crippen LogP contribution in [-0.4, -0.2) is 80.4 Å². The molecule has 0 saturated heterocycles. The summed E-state index contributed by atoms with van der Waals surface area (Å²) in [5.74, 6) is 1.70. The summed E-state index contributed by atoms with van der Waals surface area (Å²) in [5, 5.41) is 20.2. The van der Waals surface area contributed by atoms with Crippen molar-refractivity contribution in [2.45, 2.75) is 93.4 Å². The Hall–Kier alpha value is -5.62.